The van der Waals surface area contributed by atoms with E-state index in [-0.39, 0.29) is 0 Å². The molecule has 0 saturated heterocycles. The molecule has 0 atom stereocenters. The molecule has 0 unspecified atom stereocenters. The molecule has 78 heavy (non-hydrogen) atoms. The van der Waals surface area contributed by atoms with Crippen molar-refractivity contribution in [3.63, 3.8) is 0 Å². The van der Waals surface area contributed by atoms with Crippen LogP contribution in [0.4, 0.5) is 34.1 Å². The van der Waals surface area contributed by atoms with Gasteiger partial charge in [-0.3, -0.25) is 0 Å². The molecule has 5 nitrogen and oxygen atoms in total. The summed E-state index contributed by atoms with van der Waals surface area (Å²) >= 11 is 0. The van der Waals surface area contributed by atoms with Gasteiger partial charge in [0.05, 0.1) is 33.8 Å². The van der Waals surface area contributed by atoms with Crippen molar-refractivity contribution in [3.8, 4) is 67.6 Å². The van der Waals surface area contributed by atoms with Gasteiger partial charge in [0.25, 0.3) is 0 Å². The number of hydrogen-bond donors (Lipinski definition) is 0. The Balaban J connectivity index is 0.942. The highest BCUT2D eigenvalue weighted by atomic mass is 28.3. The monoisotopic (exact) mass is 1020 g/mol. The van der Waals surface area contributed by atoms with E-state index in [2.05, 4.69) is 311 Å². The van der Waals surface area contributed by atoms with Crippen LogP contribution in [0.2, 0.25) is 13.1 Å². The first kappa shape index (κ1) is 45.5. The van der Waals surface area contributed by atoms with Crippen molar-refractivity contribution in [3.05, 3.63) is 279 Å². The molecule has 0 radical (unpaired) electrons. The molecular formula is C72H52N4OSi. The highest BCUT2D eigenvalue weighted by Gasteiger charge is 2.40. The SMILES string of the molecule is C[Si]1(C)c2ccccc2N(c2ccc(N3c4ccccc4Oc4cc5c(-c6ccccc6)c(-c6ccccc6)n(-c6ccccc6)c5cc43)cc2)c2cc3c(cc21)c(-c1ccccc1)c(-c1ccccc1)n3-c1ccccc1. The minimum Gasteiger partial charge on any atom is -0.453 e. The third kappa shape index (κ3) is 7.14. The number of fused-ring (bicyclic) bond motifs is 6. The Labute approximate surface area is 455 Å². The van der Waals surface area contributed by atoms with E-state index in [1.165, 1.54) is 55.0 Å². The maximum atomic E-state index is 6.99. The van der Waals surface area contributed by atoms with Crippen molar-refractivity contribution < 1.29 is 4.74 Å². The number of rotatable bonds is 8. The number of anilines is 6. The fourth-order valence-corrected chi connectivity index (χ4v) is 15.5. The Morgan fingerprint density at radius 1 is 0.295 bits per heavy atom. The Morgan fingerprint density at radius 2 is 0.692 bits per heavy atom. The molecule has 0 bridgehead atoms. The maximum absolute atomic E-state index is 6.99. The normalized spacial score (nSPS) is 13.2. The van der Waals surface area contributed by atoms with Crippen molar-refractivity contribution in [1.82, 2.24) is 9.13 Å². The van der Waals surface area contributed by atoms with Crippen molar-refractivity contribution in [2.45, 2.75) is 13.1 Å². The van der Waals surface area contributed by atoms with E-state index in [1.807, 2.05) is 0 Å². The van der Waals surface area contributed by atoms with E-state index in [1.54, 1.807) is 0 Å². The van der Waals surface area contributed by atoms with Gasteiger partial charge in [0, 0.05) is 56.0 Å². The third-order valence-electron chi connectivity index (χ3n) is 16.0. The highest BCUT2D eigenvalue weighted by Crippen LogP contribution is 2.55. The van der Waals surface area contributed by atoms with E-state index in [0.717, 1.165) is 78.9 Å². The Hall–Kier alpha value is -9.88. The third-order valence-corrected chi connectivity index (χ3v) is 19.6. The lowest BCUT2D eigenvalue weighted by Gasteiger charge is -2.41. The molecule has 4 heterocycles. The summed E-state index contributed by atoms with van der Waals surface area (Å²) in [7, 11) is -2.30. The first-order valence-electron chi connectivity index (χ1n) is 26.8. The molecule has 370 valence electrons. The number of para-hydroxylation sites is 5. The van der Waals surface area contributed by atoms with Gasteiger partial charge >= 0.3 is 0 Å². The number of aromatic nitrogens is 2. The number of hydrogen-bond acceptors (Lipinski definition) is 3. The molecule has 0 amide bonds. The quantitative estimate of drug-likeness (QED) is 0.142. The predicted octanol–water partition coefficient (Wildman–Crippen LogP) is 18.4. The molecule has 2 aliphatic heterocycles. The van der Waals surface area contributed by atoms with Crippen molar-refractivity contribution >= 4 is 74.4 Å². The zero-order chi connectivity index (χ0) is 51.9. The minimum atomic E-state index is -2.30. The molecular weight excluding hydrogens is 965 g/mol. The summed E-state index contributed by atoms with van der Waals surface area (Å²) in [5.74, 6) is 1.61. The van der Waals surface area contributed by atoms with Gasteiger partial charge in [-0.05, 0) is 118 Å². The van der Waals surface area contributed by atoms with Crippen molar-refractivity contribution in [1.29, 1.82) is 0 Å². The van der Waals surface area contributed by atoms with Crippen LogP contribution in [-0.4, -0.2) is 17.2 Å². The van der Waals surface area contributed by atoms with Crippen LogP contribution in [0.15, 0.2) is 279 Å². The molecule has 0 spiro atoms. The van der Waals surface area contributed by atoms with Gasteiger partial charge in [-0.15, -0.1) is 0 Å². The second kappa shape index (κ2) is 18.2. The van der Waals surface area contributed by atoms with Crippen LogP contribution >= 0.6 is 0 Å². The fraction of sp³-hybridized carbons (Fsp3) is 0.0278. The van der Waals surface area contributed by atoms with E-state index < -0.39 is 8.07 Å². The topological polar surface area (TPSA) is 25.6 Å². The standard InChI is InChI=1S/C72H52N4OSi/c1-78(2)67-40-24-22-38-60(67)74(64-48-62-58(46-68(64)78)70(50-27-11-4-12-28-50)72(52-31-15-6-16-32-52)76(62)54-35-19-8-20-36-54)56-43-41-55(42-44-56)73-59-37-21-23-39-65(59)77-66-45-57-61(47-63(66)73)75(53-33-17-7-18-34-53)71(51-29-13-5-14-30-51)69(57)49-25-9-3-10-26-49/h3-48H,1-2H3. The summed E-state index contributed by atoms with van der Waals surface area (Å²) in [5.41, 5.74) is 20.4. The van der Waals surface area contributed by atoms with Crippen LogP contribution in [0, 0.1) is 0 Å². The molecule has 0 aliphatic carbocycles. The van der Waals surface area contributed by atoms with Crippen LogP contribution < -0.4 is 24.9 Å². The summed E-state index contributed by atoms with van der Waals surface area (Å²) in [6.07, 6.45) is 0. The number of benzene rings is 11. The average Bonchev–Trinajstić information content (AvgIpc) is 3.65. The van der Waals surface area contributed by atoms with Gasteiger partial charge < -0.3 is 23.7 Å². The summed E-state index contributed by atoms with van der Waals surface area (Å²) < 4.78 is 11.9. The second-order valence-corrected chi connectivity index (χ2v) is 25.2. The minimum absolute atomic E-state index is 0.800. The summed E-state index contributed by atoms with van der Waals surface area (Å²) in [6, 6.07) is 101. The molecule has 15 rings (SSSR count). The van der Waals surface area contributed by atoms with Crippen LogP contribution in [0.25, 0.3) is 77.9 Å². The summed E-state index contributed by atoms with van der Waals surface area (Å²) in [4.78, 5) is 4.90. The predicted molar refractivity (Wildman–Crippen MR) is 328 cm³/mol. The maximum Gasteiger partial charge on any atom is 0.152 e. The van der Waals surface area contributed by atoms with Gasteiger partial charge in [0.2, 0.25) is 0 Å². The first-order valence-corrected chi connectivity index (χ1v) is 29.8. The second-order valence-electron chi connectivity index (χ2n) is 20.9. The van der Waals surface area contributed by atoms with Gasteiger partial charge in [-0.25, -0.2) is 0 Å². The smallest absolute Gasteiger partial charge is 0.152 e. The van der Waals surface area contributed by atoms with Crippen LogP contribution in [-0.2, 0) is 0 Å². The van der Waals surface area contributed by atoms with Crippen LogP contribution in [0.1, 0.15) is 0 Å². The zero-order valence-electron chi connectivity index (χ0n) is 43.3. The number of nitrogens with zero attached hydrogens (tertiary/aromatic N) is 4. The molecule has 11 aromatic carbocycles. The van der Waals surface area contributed by atoms with Crippen molar-refractivity contribution in [2.24, 2.45) is 0 Å². The fourth-order valence-electron chi connectivity index (χ4n) is 12.5. The first-order chi connectivity index (χ1) is 38.5. The number of ether oxygens (including phenoxy) is 1. The van der Waals surface area contributed by atoms with Crippen molar-refractivity contribution in [2.75, 3.05) is 9.80 Å². The molecule has 2 aliphatic rings. The highest BCUT2D eigenvalue weighted by molar-refractivity contribution is 7.03. The lowest BCUT2D eigenvalue weighted by atomic mass is 9.97. The van der Waals surface area contributed by atoms with Crippen LogP contribution in [0.5, 0.6) is 11.5 Å². The average molecular weight is 1020 g/mol. The Bertz CT molecular complexity index is 4400. The van der Waals surface area contributed by atoms with E-state index in [9.17, 15) is 0 Å². The van der Waals surface area contributed by atoms with E-state index >= 15 is 0 Å². The summed E-state index contributed by atoms with van der Waals surface area (Å²) in [6.45, 7) is 5.05. The van der Waals surface area contributed by atoms with Gasteiger partial charge in [0.1, 0.15) is 8.07 Å². The zero-order valence-corrected chi connectivity index (χ0v) is 44.3. The van der Waals surface area contributed by atoms with E-state index in [0.29, 0.717) is 0 Å². The van der Waals surface area contributed by atoms with Gasteiger partial charge in [-0.2, -0.15) is 0 Å². The molecule has 2 aromatic heterocycles. The van der Waals surface area contributed by atoms with Gasteiger partial charge in [0.15, 0.2) is 11.5 Å². The molecule has 0 fully saturated rings. The molecule has 0 N–H and O–H groups in total. The molecule has 13 aromatic rings. The van der Waals surface area contributed by atoms with Crippen LogP contribution in [0.3, 0.4) is 0 Å². The van der Waals surface area contributed by atoms with Gasteiger partial charge in [-0.1, -0.05) is 207 Å². The lowest BCUT2D eigenvalue weighted by molar-refractivity contribution is 0.477. The summed E-state index contributed by atoms with van der Waals surface area (Å²) in [5, 5.41) is 5.19. The van der Waals surface area contributed by atoms with E-state index in [4.69, 9.17) is 4.74 Å². The molecule has 6 heteroatoms. The lowest BCUT2D eigenvalue weighted by Crippen LogP contribution is -2.58. The molecule has 0 saturated carbocycles. The Morgan fingerprint density at radius 3 is 1.21 bits per heavy atom. The Kier molecular flexibility index (Phi) is 10.6. The largest absolute Gasteiger partial charge is 0.453 e.